The molecule has 1 N–H and O–H groups in total. The van der Waals surface area contributed by atoms with Gasteiger partial charge in [0.2, 0.25) is 5.91 Å². The van der Waals surface area contributed by atoms with Gasteiger partial charge in [-0.25, -0.2) is 8.78 Å². The van der Waals surface area contributed by atoms with Gasteiger partial charge >= 0.3 is 0 Å². The summed E-state index contributed by atoms with van der Waals surface area (Å²) >= 11 is 3.39. The second-order valence-corrected chi connectivity index (χ2v) is 5.94. The molecular weight excluding hydrogens is 304 g/mol. The number of amides is 1. The Hall–Kier alpha value is -0.970. The Labute approximate surface area is 114 Å². The van der Waals surface area contributed by atoms with Gasteiger partial charge in [-0.05, 0) is 19.4 Å². The summed E-state index contributed by atoms with van der Waals surface area (Å²) < 4.78 is 26.3. The Kier molecular flexibility index (Phi) is 5.72. The molecule has 5 heteroatoms. The van der Waals surface area contributed by atoms with Crippen molar-refractivity contribution < 1.29 is 13.6 Å². The summed E-state index contributed by atoms with van der Waals surface area (Å²) in [6, 6.07) is 3.83. The summed E-state index contributed by atoms with van der Waals surface area (Å²) in [4.78, 5) is 11.9. The highest BCUT2D eigenvalue weighted by molar-refractivity contribution is 9.09. The standard InChI is InChI=1S/C13H16BrF2NO/c1-8(14)6-9(2)17-12(18)7-10-4-3-5-11(15)13(10)16/h3-5,8-9H,6-7H2,1-2H3,(H,17,18). The van der Waals surface area contributed by atoms with Crippen molar-refractivity contribution in [2.45, 2.75) is 37.6 Å². The normalized spacial score (nSPS) is 14.1. The van der Waals surface area contributed by atoms with Crippen LogP contribution in [0.1, 0.15) is 25.8 Å². The molecule has 2 unspecified atom stereocenters. The molecule has 1 rings (SSSR count). The summed E-state index contributed by atoms with van der Waals surface area (Å²) in [7, 11) is 0. The van der Waals surface area contributed by atoms with E-state index in [2.05, 4.69) is 21.2 Å². The zero-order valence-electron chi connectivity index (χ0n) is 10.3. The van der Waals surface area contributed by atoms with Crippen LogP contribution < -0.4 is 5.32 Å². The molecule has 100 valence electrons. The minimum Gasteiger partial charge on any atom is -0.353 e. The first kappa shape index (κ1) is 15.1. The number of halogens is 3. The van der Waals surface area contributed by atoms with Crippen molar-refractivity contribution in [1.29, 1.82) is 0 Å². The molecule has 0 spiro atoms. The van der Waals surface area contributed by atoms with E-state index in [-0.39, 0.29) is 23.9 Å². The van der Waals surface area contributed by atoms with E-state index in [0.29, 0.717) is 4.83 Å². The molecular formula is C13H16BrF2NO. The van der Waals surface area contributed by atoms with Gasteiger partial charge < -0.3 is 5.32 Å². The summed E-state index contributed by atoms with van der Waals surface area (Å²) in [6.45, 7) is 3.85. The molecule has 0 bridgehead atoms. The predicted octanol–water partition coefficient (Wildman–Crippen LogP) is 3.19. The third-order valence-corrected chi connectivity index (χ3v) is 2.84. The molecule has 0 aliphatic heterocycles. The Balaban J connectivity index is 2.57. The molecule has 0 saturated carbocycles. The van der Waals surface area contributed by atoms with Crippen LogP contribution >= 0.6 is 15.9 Å². The van der Waals surface area contributed by atoms with Crippen LogP contribution in [-0.4, -0.2) is 16.8 Å². The molecule has 1 amide bonds. The molecule has 0 aromatic heterocycles. The molecule has 2 nitrogen and oxygen atoms in total. The summed E-state index contributed by atoms with van der Waals surface area (Å²) in [5, 5.41) is 2.75. The Morgan fingerprint density at radius 3 is 2.67 bits per heavy atom. The minimum atomic E-state index is -0.950. The topological polar surface area (TPSA) is 29.1 Å². The number of rotatable bonds is 5. The van der Waals surface area contributed by atoms with Gasteiger partial charge in [0.1, 0.15) is 0 Å². The van der Waals surface area contributed by atoms with Gasteiger partial charge in [-0.1, -0.05) is 35.0 Å². The Morgan fingerprint density at radius 2 is 2.06 bits per heavy atom. The van der Waals surface area contributed by atoms with Crippen molar-refractivity contribution >= 4 is 21.8 Å². The molecule has 0 radical (unpaired) electrons. The summed E-state index contributed by atoms with van der Waals surface area (Å²) in [5.74, 6) is -2.18. The quantitative estimate of drug-likeness (QED) is 0.830. The average Bonchev–Trinajstić information content (AvgIpc) is 2.23. The molecule has 18 heavy (non-hydrogen) atoms. The second kappa shape index (κ2) is 6.83. The first-order valence-electron chi connectivity index (χ1n) is 5.76. The molecule has 0 aliphatic rings. The van der Waals surface area contributed by atoms with Gasteiger partial charge in [-0.15, -0.1) is 0 Å². The van der Waals surface area contributed by atoms with Crippen LogP contribution in [0.3, 0.4) is 0 Å². The average molecular weight is 320 g/mol. The lowest BCUT2D eigenvalue weighted by atomic mass is 10.1. The van der Waals surface area contributed by atoms with Crippen molar-refractivity contribution in [3.8, 4) is 0 Å². The smallest absolute Gasteiger partial charge is 0.224 e. The fourth-order valence-electron chi connectivity index (χ4n) is 1.73. The lowest BCUT2D eigenvalue weighted by molar-refractivity contribution is -0.121. The van der Waals surface area contributed by atoms with E-state index in [0.717, 1.165) is 12.5 Å². The van der Waals surface area contributed by atoms with Gasteiger partial charge in [0, 0.05) is 16.4 Å². The zero-order chi connectivity index (χ0) is 13.7. The van der Waals surface area contributed by atoms with Crippen molar-refractivity contribution in [1.82, 2.24) is 5.32 Å². The second-order valence-electron chi connectivity index (χ2n) is 4.37. The van der Waals surface area contributed by atoms with Crippen molar-refractivity contribution in [2.75, 3.05) is 0 Å². The van der Waals surface area contributed by atoms with Crippen LogP contribution in [-0.2, 0) is 11.2 Å². The van der Waals surface area contributed by atoms with Crippen LogP contribution in [0.15, 0.2) is 18.2 Å². The number of alkyl halides is 1. The van der Waals surface area contributed by atoms with Crippen molar-refractivity contribution in [3.05, 3.63) is 35.4 Å². The fourth-order valence-corrected chi connectivity index (χ4v) is 2.29. The molecule has 0 heterocycles. The maximum atomic E-state index is 13.3. The third-order valence-electron chi connectivity index (χ3n) is 2.47. The van der Waals surface area contributed by atoms with Gasteiger partial charge in [-0.3, -0.25) is 4.79 Å². The molecule has 0 aliphatic carbocycles. The molecule has 1 aromatic carbocycles. The lowest BCUT2D eigenvalue weighted by Gasteiger charge is -2.15. The number of carbonyl (C=O) groups is 1. The van der Waals surface area contributed by atoms with E-state index in [9.17, 15) is 13.6 Å². The maximum absolute atomic E-state index is 13.3. The van der Waals surface area contributed by atoms with Gasteiger partial charge in [0.05, 0.1) is 6.42 Å². The van der Waals surface area contributed by atoms with E-state index in [4.69, 9.17) is 0 Å². The minimum absolute atomic E-state index is 0.0107. The zero-order valence-corrected chi connectivity index (χ0v) is 11.9. The first-order chi connectivity index (χ1) is 8.40. The van der Waals surface area contributed by atoms with Crippen LogP contribution in [0.4, 0.5) is 8.78 Å². The molecule has 1 aromatic rings. The van der Waals surface area contributed by atoms with Gasteiger partial charge in [0.15, 0.2) is 11.6 Å². The third kappa shape index (κ3) is 4.72. The number of hydrogen-bond donors (Lipinski definition) is 1. The number of carbonyl (C=O) groups excluding carboxylic acids is 1. The fraction of sp³-hybridized carbons (Fsp3) is 0.462. The SMILES string of the molecule is CC(Br)CC(C)NC(=O)Cc1cccc(F)c1F. The highest BCUT2D eigenvalue weighted by Crippen LogP contribution is 2.12. The largest absolute Gasteiger partial charge is 0.353 e. The van der Waals surface area contributed by atoms with E-state index < -0.39 is 11.6 Å². The van der Waals surface area contributed by atoms with Crippen molar-refractivity contribution in [2.24, 2.45) is 0 Å². The van der Waals surface area contributed by atoms with Gasteiger partial charge in [-0.2, -0.15) is 0 Å². The first-order valence-corrected chi connectivity index (χ1v) is 6.68. The number of hydrogen-bond acceptors (Lipinski definition) is 1. The van der Waals surface area contributed by atoms with E-state index in [1.54, 1.807) is 0 Å². The van der Waals surface area contributed by atoms with Crippen LogP contribution in [0.5, 0.6) is 0 Å². The van der Waals surface area contributed by atoms with Crippen LogP contribution in [0.25, 0.3) is 0 Å². The predicted molar refractivity (Wildman–Crippen MR) is 70.7 cm³/mol. The van der Waals surface area contributed by atoms with Gasteiger partial charge in [0.25, 0.3) is 0 Å². The maximum Gasteiger partial charge on any atom is 0.224 e. The highest BCUT2D eigenvalue weighted by atomic mass is 79.9. The van der Waals surface area contributed by atoms with Crippen molar-refractivity contribution in [3.63, 3.8) is 0 Å². The molecule has 0 fully saturated rings. The molecule has 0 saturated heterocycles. The summed E-state index contributed by atoms with van der Waals surface area (Å²) in [5.41, 5.74) is 0.0755. The van der Waals surface area contributed by atoms with E-state index in [1.165, 1.54) is 12.1 Å². The molecule has 2 atom stereocenters. The monoisotopic (exact) mass is 319 g/mol. The van der Waals surface area contributed by atoms with Crippen LogP contribution in [0.2, 0.25) is 0 Å². The van der Waals surface area contributed by atoms with E-state index >= 15 is 0 Å². The summed E-state index contributed by atoms with van der Waals surface area (Å²) in [6.07, 6.45) is 0.627. The Morgan fingerprint density at radius 1 is 1.39 bits per heavy atom. The van der Waals surface area contributed by atoms with E-state index in [1.807, 2.05) is 13.8 Å². The number of nitrogens with one attached hydrogen (secondary N) is 1. The highest BCUT2D eigenvalue weighted by Gasteiger charge is 2.14. The lowest BCUT2D eigenvalue weighted by Crippen LogP contribution is -2.35. The Bertz CT molecular complexity index is 423. The van der Waals surface area contributed by atoms with Crippen LogP contribution in [0, 0.1) is 11.6 Å². The number of benzene rings is 1.